The van der Waals surface area contributed by atoms with Gasteiger partial charge in [0.05, 0.1) is 18.6 Å². The van der Waals surface area contributed by atoms with E-state index in [4.69, 9.17) is 4.74 Å². The van der Waals surface area contributed by atoms with E-state index in [-0.39, 0.29) is 11.9 Å². The van der Waals surface area contributed by atoms with E-state index in [2.05, 4.69) is 15.6 Å². The number of hydrogen-bond acceptors (Lipinski definition) is 4. The molecule has 1 aliphatic rings. The number of fused-ring (bicyclic) bond motifs is 1. The van der Waals surface area contributed by atoms with Gasteiger partial charge in [0, 0.05) is 25.0 Å². The normalized spacial score (nSPS) is 18.0. The van der Waals surface area contributed by atoms with Crippen molar-refractivity contribution >= 4 is 11.6 Å². The number of amides is 1. The van der Waals surface area contributed by atoms with Crippen molar-refractivity contribution in [3.05, 3.63) is 43.0 Å². The average Bonchev–Trinajstić information content (AvgIpc) is 2.99. The number of nitrogens with zero attached hydrogens (tertiary/aromatic N) is 2. The lowest BCUT2D eigenvalue weighted by atomic mass is 10.2. The zero-order chi connectivity index (χ0) is 14.7. The highest BCUT2D eigenvalue weighted by molar-refractivity contribution is 5.83. The molecule has 110 valence electrons. The molecule has 0 saturated carbocycles. The number of carbonyl (C=O) groups is 1. The summed E-state index contributed by atoms with van der Waals surface area (Å²) in [5.41, 5.74) is 0.924. The SMILES string of the molecule is CC(Cn1ccnc1)NC(=O)C1CNc2ccccc2O1. The van der Waals surface area contributed by atoms with Gasteiger partial charge < -0.3 is 19.9 Å². The molecule has 2 N–H and O–H groups in total. The molecule has 1 aromatic heterocycles. The van der Waals surface area contributed by atoms with Gasteiger partial charge in [-0.2, -0.15) is 0 Å². The number of benzene rings is 1. The van der Waals surface area contributed by atoms with E-state index in [9.17, 15) is 4.79 Å². The second-order valence-corrected chi connectivity index (χ2v) is 5.15. The van der Waals surface area contributed by atoms with E-state index in [0.29, 0.717) is 18.8 Å². The van der Waals surface area contributed by atoms with Crippen molar-refractivity contribution in [2.24, 2.45) is 0 Å². The molecule has 6 nitrogen and oxygen atoms in total. The largest absolute Gasteiger partial charge is 0.477 e. The zero-order valence-corrected chi connectivity index (χ0v) is 11.8. The summed E-state index contributed by atoms with van der Waals surface area (Å²) >= 11 is 0. The van der Waals surface area contributed by atoms with Crippen LogP contribution in [0.1, 0.15) is 6.92 Å². The number of nitrogens with one attached hydrogen (secondary N) is 2. The molecule has 1 aromatic carbocycles. The lowest BCUT2D eigenvalue weighted by molar-refractivity contribution is -0.128. The van der Waals surface area contributed by atoms with Crippen LogP contribution in [0.2, 0.25) is 0 Å². The lowest BCUT2D eigenvalue weighted by Crippen LogP contribution is -2.48. The molecule has 2 aromatic rings. The Bertz CT molecular complexity index is 612. The van der Waals surface area contributed by atoms with Crippen LogP contribution in [0.5, 0.6) is 5.75 Å². The second kappa shape index (κ2) is 5.87. The predicted molar refractivity (Wildman–Crippen MR) is 79.2 cm³/mol. The maximum absolute atomic E-state index is 12.2. The number of hydrogen-bond donors (Lipinski definition) is 2. The van der Waals surface area contributed by atoms with Crippen molar-refractivity contribution in [3.8, 4) is 5.75 Å². The van der Waals surface area contributed by atoms with E-state index < -0.39 is 6.10 Å². The maximum atomic E-state index is 12.2. The van der Waals surface area contributed by atoms with E-state index in [1.54, 1.807) is 12.5 Å². The number of ether oxygens (including phenoxy) is 1. The molecule has 1 aliphatic heterocycles. The molecule has 3 rings (SSSR count). The Morgan fingerprint density at radius 2 is 2.43 bits per heavy atom. The summed E-state index contributed by atoms with van der Waals surface area (Å²) in [5, 5.41) is 6.18. The molecule has 2 heterocycles. The van der Waals surface area contributed by atoms with E-state index in [1.165, 1.54) is 0 Å². The van der Waals surface area contributed by atoms with Crippen LogP contribution >= 0.6 is 0 Å². The topological polar surface area (TPSA) is 68.2 Å². The number of carbonyl (C=O) groups excluding carboxylic acids is 1. The van der Waals surface area contributed by atoms with Crippen molar-refractivity contribution < 1.29 is 9.53 Å². The van der Waals surface area contributed by atoms with Gasteiger partial charge in [0.2, 0.25) is 0 Å². The van der Waals surface area contributed by atoms with Crippen LogP contribution in [-0.2, 0) is 11.3 Å². The highest BCUT2D eigenvalue weighted by atomic mass is 16.5. The van der Waals surface area contributed by atoms with E-state index >= 15 is 0 Å². The van der Waals surface area contributed by atoms with Crippen LogP contribution in [-0.4, -0.2) is 34.1 Å². The Kier molecular flexibility index (Phi) is 3.77. The Morgan fingerprint density at radius 3 is 3.24 bits per heavy atom. The van der Waals surface area contributed by atoms with E-state index in [1.807, 2.05) is 42.0 Å². The molecule has 0 fully saturated rings. The van der Waals surface area contributed by atoms with Gasteiger partial charge in [-0.25, -0.2) is 4.98 Å². The van der Waals surface area contributed by atoms with Gasteiger partial charge >= 0.3 is 0 Å². The predicted octanol–water partition coefficient (Wildman–Crippen LogP) is 1.26. The maximum Gasteiger partial charge on any atom is 0.263 e. The quantitative estimate of drug-likeness (QED) is 0.888. The van der Waals surface area contributed by atoms with Crippen LogP contribution in [0, 0.1) is 0 Å². The third-order valence-electron chi connectivity index (χ3n) is 3.36. The molecule has 0 bridgehead atoms. The fourth-order valence-electron chi connectivity index (χ4n) is 2.35. The summed E-state index contributed by atoms with van der Waals surface area (Å²) in [7, 11) is 0. The molecular weight excluding hydrogens is 268 g/mol. The van der Waals surface area contributed by atoms with Crippen molar-refractivity contribution in [1.29, 1.82) is 0 Å². The first-order chi connectivity index (χ1) is 10.2. The molecule has 21 heavy (non-hydrogen) atoms. The number of para-hydroxylation sites is 2. The Morgan fingerprint density at radius 1 is 1.57 bits per heavy atom. The Balaban J connectivity index is 1.56. The fourth-order valence-corrected chi connectivity index (χ4v) is 2.35. The van der Waals surface area contributed by atoms with Crippen LogP contribution < -0.4 is 15.4 Å². The first kappa shape index (κ1) is 13.5. The van der Waals surface area contributed by atoms with Crippen LogP contribution in [0.25, 0.3) is 0 Å². The van der Waals surface area contributed by atoms with Gasteiger partial charge in [0.15, 0.2) is 6.10 Å². The standard InChI is InChI=1S/C15H18N4O2/c1-11(9-19-7-6-16-10-19)18-15(20)14-8-17-12-4-2-3-5-13(12)21-14/h2-7,10-11,14,17H,8-9H2,1H3,(H,18,20). The van der Waals surface area contributed by atoms with E-state index in [0.717, 1.165) is 5.69 Å². The van der Waals surface area contributed by atoms with Crippen molar-refractivity contribution in [2.75, 3.05) is 11.9 Å². The Labute approximate surface area is 123 Å². The highest BCUT2D eigenvalue weighted by Crippen LogP contribution is 2.28. The van der Waals surface area contributed by atoms with Crippen molar-refractivity contribution in [3.63, 3.8) is 0 Å². The van der Waals surface area contributed by atoms with Crippen LogP contribution in [0.15, 0.2) is 43.0 Å². The van der Waals surface area contributed by atoms with Gasteiger partial charge in [-0.15, -0.1) is 0 Å². The third-order valence-corrected chi connectivity index (χ3v) is 3.36. The number of rotatable bonds is 4. The molecule has 0 spiro atoms. The monoisotopic (exact) mass is 286 g/mol. The summed E-state index contributed by atoms with van der Waals surface area (Å²) in [6.45, 7) is 3.12. The minimum Gasteiger partial charge on any atom is -0.477 e. The molecule has 0 saturated heterocycles. The molecular formula is C15H18N4O2. The highest BCUT2D eigenvalue weighted by Gasteiger charge is 2.26. The number of imidazole rings is 1. The fraction of sp³-hybridized carbons (Fsp3) is 0.333. The molecule has 0 radical (unpaired) electrons. The second-order valence-electron chi connectivity index (χ2n) is 5.15. The van der Waals surface area contributed by atoms with Crippen LogP contribution in [0.4, 0.5) is 5.69 Å². The summed E-state index contributed by atoms with van der Waals surface area (Å²) < 4.78 is 7.67. The Hall–Kier alpha value is -2.50. The van der Waals surface area contributed by atoms with Gasteiger partial charge in [-0.05, 0) is 19.1 Å². The average molecular weight is 286 g/mol. The smallest absolute Gasteiger partial charge is 0.263 e. The van der Waals surface area contributed by atoms with Gasteiger partial charge in [0.25, 0.3) is 5.91 Å². The van der Waals surface area contributed by atoms with Gasteiger partial charge in [-0.1, -0.05) is 12.1 Å². The molecule has 0 aliphatic carbocycles. The number of anilines is 1. The summed E-state index contributed by atoms with van der Waals surface area (Å²) in [6.07, 6.45) is 4.82. The van der Waals surface area contributed by atoms with Gasteiger partial charge in [0.1, 0.15) is 5.75 Å². The zero-order valence-electron chi connectivity index (χ0n) is 11.8. The van der Waals surface area contributed by atoms with Crippen molar-refractivity contribution in [1.82, 2.24) is 14.9 Å². The minimum atomic E-state index is -0.509. The van der Waals surface area contributed by atoms with Crippen molar-refractivity contribution in [2.45, 2.75) is 25.6 Å². The molecule has 2 unspecified atom stereocenters. The summed E-state index contributed by atoms with van der Waals surface area (Å²) in [4.78, 5) is 16.2. The number of aromatic nitrogens is 2. The third kappa shape index (κ3) is 3.16. The summed E-state index contributed by atoms with van der Waals surface area (Å²) in [6, 6.07) is 7.63. The molecule has 1 amide bonds. The summed E-state index contributed by atoms with van der Waals surface area (Å²) in [5.74, 6) is 0.607. The first-order valence-electron chi connectivity index (χ1n) is 6.98. The minimum absolute atomic E-state index is 0.00692. The van der Waals surface area contributed by atoms with Gasteiger partial charge in [-0.3, -0.25) is 4.79 Å². The van der Waals surface area contributed by atoms with Crippen LogP contribution in [0.3, 0.4) is 0 Å². The molecule has 6 heteroatoms. The lowest BCUT2D eigenvalue weighted by Gasteiger charge is -2.27. The molecule has 2 atom stereocenters. The first-order valence-corrected chi connectivity index (χ1v) is 6.98.